The molecular weight excluding hydrogens is 428 g/mol. The highest BCUT2D eigenvalue weighted by atomic mass is 32.2. The first-order chi connectivity index (χ1) is 15.3. The zero-order chi connectivity index (χ0) is 23.1. The smallest absolute Gasteiger partial charge is 0.261 e. The number of carbonyl (C=O) groups excluding carboxylic acids is 1. The van der Waals surface area contributed by atoms with E-state index in [9.17, 15) is 13.2 Å². The molecule has 0 aliphatic rings. The fraction of sp³-hybridized carbons (Fsp3) is 0.125. The number of nitrogens with one attached hydrogen (secondary N) is 2. The Morgan fingerprint density at radius 2 is 1.59 bits per heavy atom. The van der Waals surface area contributed by atoms with Crippen molar-refractivity contribution in [3.05, 3.63) is 83.9 Å². The van der Waals surface area contributed by atoms with Crippen LogP contribution in [-0.2, 0) is 14.8 Å². The summed E-state index contributed by atoms with van der Waals surface area (Å²) in [6.45, 7) is 1.88. The largest absolute Gasteiger partial charge is 0.493 e. The van der Waals surface area contributed by atoms with Crippen molar-refractivity contribution in [1.82, 2.24) is 0 Å². The number of anilines is 2. The highest BCUT2D eigenvalue weighted by Gasteiger charge is 2.14. The van der Waals surface area contributed by atoms with Gasteiger partial charge in [0.2, 0.25) is 5.91 Å². The van der Waals surface area contributed by atoms with Crippen LogP contribution in [0.4, 0.5) is 11.4 Å². The number of methoxy groups -OCH3 is 2. The molecule has 0 atom stereocenters. The highest BCUT2D eigenvalue weighted by Crippen LogP contribution is 2.28. The number of rotatable bonds is 8. The van der Waals surface area contributed by atoms with Gasteiger partial charge in [-0.25, -0.2) is 8.42 Å². The van der Waals surface area contributed by atoms with Gasteiger partial charge < -0.3 is 14.8 Å². The van der Waals surface area contributed by atoms with Crippen LogP contribution >= 0.6 is 0 Å². The quantitative estimate of drug-likeness (QED) is 0.492. The first kappa shape index (κ1) is 22.9. The summed E-state index contributed by atoms with van der Waals surface area (Å²) in [5.41, 5.74) is 2.68. The van der Waals surface area contributed by atoms with Gasteiger partial charge in [-0.15, -0.1) is 0 Å². The first-order valence-corrected chi connectivity index (χ1v) is 11.2. The van der Waals surface area contributed by atoms with E-state index >= 15 is 0 Å². The standard InChI is InChI=1S/C24H24N2O5S/c1-17-5-4-6-20(15-17)26-32(28,29)21-11-9-19(10-12-21)25-24(27)14-8-18-7-13-22(30-2)23(16-18)31-3/h4-16,26H,1-3H3,(H,25,27)/b14-8+. The number of aryl methyl sites for hydroxylation is 1. The van der Waals surface area contributed by atoms with E-state index < -0.39 is 10.0 Å². The zero-order valence-electron chi connectivity index (χ0n) is 18.0. The molecule has 3 aromatic rings. The van der Waals surface area contributed by atoms with Gasteiger partial charge in [0.05, 0.1) is 19.1 Å². The molecule has 7 nitrogen and oxygen atoms in total. The van der Waals surface area contributed by atoms with Crippen LogP contribution in [0.2, 0.25) is 0 Å². The van der Waals surface area contributed by atoms with Crippen LogP contribution in [0.5, 0.6) is 11.5 Å². The Hall–Kier alpha value is -3.78. The maximum atomic E-state index is 12.6. The summed E-state index contributed by atoms with van der Waals surface area (Å²) in [5.74, 6) is 0.806. The molecule has 0 bridgehead atoms. The summed E-state index contributed by atoms with van der Waals surface area (Å²) in [5, 5.41) is 2.70. The van der Waals surface area contributed by atoms with Crippen molar-refractivity contribution >= 4 is 33.4 Å². The van der Waals surface area contributed by atoms with Crippen molar-refractivity contribution < 1.29 is 22.7 Å². The number of benzene rings is 3. The van der Waals surface area contributed by atoms with E-state index in [1.165, 1.54) is 30.3 Å². The van der Waals surface area contributed by atoms with Crippen molar-refractivity contribution in [2.75, 3.05) is 24.3 Å². The Morgan fingerprint density at radius 3 is 2.25 bits per heavy atom. The van der Waals surface area contributed by atoms with E-state index in [2.05, 4.69) is 10.0 Å². The van der Waals surface area contributed by atoms with Crippen molar-refractivity contribution in [2.24, 2.45) is 0 Å². The molecule has 0 aliphatic heterocycles. The lowest BCUT2D eigenvalue weighted by Gasteiger charge is -2.09. The topological polar surface area (TPSA) is 93.7 Å². The fourth-order valence-corrected chi connectivity index (χ4v) is 4.00. The Morgan fingerprint density at radius 1 is 0.875 bits per heavy atom. The van der Waals surface area contributed by atoms with Crippen LogP contribution in [0.3, 0.4) is 0 Å². The lowest BCUT2D eigenvalue weighted by molar-refractivity contribution is -0.111. The minimum absolute atomic E-state index is 0.0953. The van der Waals surface area contributed by atoms with E-state index in [1.807, 2.05) is 13.0 Å². The molecule has 0 unspecified atom stereocenters. The summed E-state index contributed by atoms with van der Waals surface area (Å²) < 4.78 is 38.1. The Bertz CT molecular complexity index is 1240. The number of hydrogen-bond acceptors (Lipinski definition) is 5. The molecule has 0 saturated heterocycles. The SMILES string of the molecule is COc1ccc(/C=C/C(=O)Nc2ccc(S(=O)(=O)Nc3cccc(C)c3)cc2)cc1OC. The van der Waals surface area contributed by atoms with Crippen LogP contribution in [0.1, 0.15) is 11.1 Å². The monoisotopic (exact) mass is 452 g/mol. The van der Waals surface area contributed by atoms with Gasteiger partial charge in [0.1, 0.15) is 0 Å². The summed E-state index contributed by atoms with van der Waals surface area (Å²) in [6.07, 6.45) is 3.02. The summed E-state index contributed by atoms with van der Waals surface area (Å²) in [7, 11) is -0.641. The van der Waals surface area contributed by atoms with Gasteiger partial charge in [-0.2, -0.15) is 0 Å². The Labute approximate surface area is 187 Å². The van der Waals surface area contributed by atoms with Crippen molar-refractivity contribution in [3.63, 3.8) is 0 Å². The maximum Gasteiger partial charge on any atom is 0.261 e. The summed E-state index contributed by atoms with van der Waals surface area (Å²) in [6, 6.07) is 18.3. The molecule has 32 heavy (non-hydrogen) atoms. The molecule has 1 amide bonds. The number of sulfonamides is 1. The molecule has 3 rings (SSSR count). The predicted molar refractivity (Wildman–Crippen MR) is 126 cm³/mol. The van der Waals surface area contributed by atoms with Gasteiger partial charge in [-0.05, 0) is 72.7 Å². The van der Waals surface area contributed by atoms with Crippen LogP contribution in [0, 0.1) is 6.92 Å². The average molecular weight is 453 g/mol. The van der Waals surface area contributed by atoms with Gasteiger partial charge in [0.25, 0.3) is 10.0 Å². The number of hydrogen-bond donors (Lipinski definition) is 2. The molecule has 0 aliphatic carbocycles. The lowest BCUT2D eigenvalue weighted by Crippen LogP contribution is -2.13. The second-order valence-electron chi connectivity index (χ2n) is 6.94. The Balaban J connectivity index is 1.65. The van der Waals surface area contributed by atoms with E-state index in [-0.39, 0.29) is 10.8 Å². The Kier molecular flexibility index (Phi) is 7.17. The van der Waals surface area contributed by atoms with Gasteiger partial charge >= 0.3 is 0 Å². The fourth-order valence-electron chi connectivity index (χ4n) is 2.95. The second-order valence-corrected chi connectivity index (χ2v) is 8.62. The van der Waals surface area contributed by atoms with Crippen LogP contribution in [0.25, 0.3) is 6.08 Å². The molecule has 166 valence electrons. The van der Waals surface area contributed by atoms with Gasteiger partial charge in [0, 0.05) is 17.5 Å². The van der Waals surface area contributed by atoms with Crippen molar-refractivity contribution in [3.8, 4) is 11.5 Å². The van der Waals surface area contributed by atoms with Gasteiger partial charge in [-0.1, -0.05) is 18.2 Å². The predicted octanol–water partition coefficient (Wildman–Crippen LogP) is 4.46. The third-order valence-electron chi connectivity index (χ3n) is 4.54. The van der Waals surface area contributed by atoms with E-state index in [4.69, 9.17) is 9.47 Å². The molecule has 8 heteroatoms. The minimum Gasteiger partial charge on any atom is -0.493 e. The minimum atomic E-state index is -3.73. The van der Waals surface area contributed by atoms with Crippen LogP contribution < -0.4 is 19.5 Å². The van der Waals surface area contributed by atoms with E-state index in [0.717, 1.165) is 11.1 Å². The molecule has 2 N–H and O–H groups in total. The molecule has 0 radical (unpaired) electrons. The summed E-state index contributed by atoms with van der Waals surface area (Å²) in [4.78, 5) is 12.3. The third-order valence-corrected chi connectivity index (χ3v) is 5.93. The highest BCUT2D eigenvalue weighted by molar-refractivity contribution is 7.92. The van der Waals surface area contributed by atoms with Crippen molar-refractivity contribution in [1.29, 1.82) is 0 Å². The number of ether oxygens (including phenoxy) is 2. The average Bonchev–Trinajstić information content (AvgIpc) is 2.77. The number of amides is 1. The third kappa shape index (κ3) is 5.89. The van der Waals surface area contributed by atoms with E-state index in [1.54, 1.807) is 56.7 Å². The summed E-state index contributed by atoms with van der Waals surface area (Å²) >= 11 is 0. The molecule has 0 heterocycles. The van der Waals surface area contributed by atoms with E-state index in [0.29, 0.717) is 22.9 Å². The normalized spacial score (nSPS) is 11.2. The maximum absolute atomic E-state index is 12.6. The zero-order valence-corrected chi connectivity index (χ0v) is 18.8. The molecular formula is C24H24N2O5S. The van der Waals surface area contributed by atoms with Crippen LogP contribution in [0.15, 0.2) is 77.7 Å². The van der Waals surface area contributed by atoms with Crippen molar-refractivity contribution in [2.45, 2.75) is 11.8 Å². The van der Waals surface area contributed by atoms with Gasteiger partial charge in [-0.3, -0.25) is 9.52 Å². The second kappa shape index (κ2) is 10.0. The first-order valence-electron chi connectivity index (χ1n) is 9.71. The van der Waals surface area contributed by atoms with Gasteiger partial charge in [0.15, 0.2) is 11.5 Å². The molecule has 0 spiro atoms. The number of carbonyl (C=O) groups is 1. The molecule has 3 aromatic carbocycles. The molecule has 0 aromatic heterocycles. The lowest BCUT2D eigenvalue weighted by atomic mass is 10.2. The van der Waals surface area contributed by atoms with Crippen LogP contribution in [-0.4, -0.2) is 28.5 Å². The molecule has 0 saturated carbocycles. The molecule has 0 fully saturated rings.